The van der Waals surface area contributed by atoms with E-state index in [0.29, 0.717) is 17.6 Å². The van der Waals surface area contributed by atoms with Gasteiger partial charge >= 0.3 is 0 Å². The summed E-state index contributed by atoms with van der Waals surface area (Å²) in [7, 11) is -3.56. The van der Waals surface area contributed by atoms with Crippen LogP contribution in [0.5, 0.6) is 0 Å². The lowest BCUT2D eigenvalue weighted by atomic mass is 9.91. The Morgan fingerprint density at radius 2 is 2.03 bits per heavy atom. The molecular formula is C22H24FN5O3S. The van der Waals surface area contributed by atoms with Crippen molar-refractivity contribution >= 4 is 31.9 Å². The number of piperidine rings is 1. The van der Waals surface area contributed by atoms with Gasteiger partial charge in [-0.05, 0) is 69.2 Å². The molecule has 0 spiro atoms. The molecule has 0 amide bonds. The molecule has 0 aliphatic carbocycles. The summed E-state index contributed by atoms with van der Waals surface area (Å²) in [5, 5.41) is 12.7. The van der Waals surface area contributed by atoms with Gasteiger partial charge in [0.15, 0.2) is 5.58 Å². The Kier molecular flexibility index (Phi) is 5.66. The van der Waals surface area contributed by atoms with Crippen molar-refractivity contribution in [2.75, 3.05) is 26.2 Å². The first-order valence-corrected chi connectivity index (χ1v) is 12.2. The number of fused-ring (bicyclic) bond motifs is 2. The summed E-state index contributed by atoms with van der Waals surface area (Å²) < 4.78 is 46.5. The van der Waals surface area contributed by atoms with Crippen molar-refractivity contribution in [2.45, 2.75) is 30.1 Å². The number of likely N-dealkylation sites (tertiary alicyclic amines) is 1. The van der Waals surface area contributed by atoms with E-state index in [-0.39, 0.29) is 16.6 Å². The van der Waals surface area contributed by atoms with Gasteiger partial charge in [-0.2, -0.15) is 5.10 Å². The van der Waals surface area contributed by atoms with Crippen LogP contribution in [0.1, 0.15) is 30.9 Å². The van der Waals surface area contributed by atoms with E-state index in [1.54, 1.807) is 30.5 Å². The van der Waals surface area contributed by atoms with Crippen molar-refractivity contribution in [1.82, 2.24) is 25.0 Å². The highest BCUT2D eigenvalue weighted by atomic mass is 32.2. The molecule has 1 aliphatic heterocycles. The molecule has 32 heavy (non-hydrogen) atoms. The van der Waals surface area contributed by atoms with E-state index in [0.717, 1.165) is 55.4 Å². The van der Waals surface area contributed by atoms with Crippen molar-refractivity contribution in [1.29, 1.82) is 0 Å². The average Bonchev–Trinajstić information content (AvgIpc) is 3.43. The Morgan fingerprint density at radius 3 is 2.88 bits per heavy atom. The summed E-state index contributed by atoms with van der Waals surface area (Å²) >= 11 is 0. The van der Waals surface area contributed by atoms with Crippen LogP contribution in [-0.2, 0) is 10.0 Å². The molecule has 2 aromatic carbocycles. The lowest BCUT2D eigenvalue weighted by Gasteiger charge is -2.31. The molecular weight excluding hydrogens is 433 g/mol. The van der Waals surface area contributed by atoms with E-state index >= 15 is 0 Å². The number of hydrogen-bond acceptors (Lipinski definition) is 6. The molecule has 0 saturated carbocycles. The lowest BCUT2D eigenvalue weighted by Crippen LogP contribution is -2.35. The minimum Gasteiger partial charge on any atom is -0.356 e. The number of halogens is 1. The Bertz CT molecular complexity index is 1340. The summed E-state index contributed by atoms with van der Waals surface area (Å²) in [6.45, 7) is 3.01. The third-order valence-corrected chi connectivity index (χ3v) is 7.56. The van der Waals surface area contributed by atoms with E-state index < -0.39 is 10.0 Å². The van der Waals surface area contributed by atoms with Gasteiger partial charge in [-0.3, -0.25) is 5.10 Å². The van der Waals surface area contributed by atoms with Crippen LogP contribution in [0, 0.1) is 5.82 Å². The van der Waals surface area contributed by atoms with Crippen LogP contribution in [0.4, 0.5) is 4.39 Å². The highest BCUT2D eigenvalue weighted by molar-refractivity contribution is 7.89. The fourth-order valence-corrected chi connectivity index (χ4v) is 5.43. The summed E-state index contributed by atoms with van der Waals surface area (Å²) in [6.07, 6.45) is 4.26. The molecule has 0 radical (unpaired) electrons. The second-order valence-corrected chi connectivity index (χ2v) is 9.96. The zero-order valence-electron chi connectivity index (χ0n) is 17.4. The van der Waals surface area contributed by atoms with Gasteiger partial charge in [0.05, 0.1) is 22.3 Å². The first-order valence-electron chi connectivity index (χ1n) is 10.7. The van der Waals surface area contributed by atoms with Crippen molar-refractivity contribution in [3.05, 3.63) is 54.1 Å². The predicted molar refractivity (Wildman–Crippen MR) is 118 cm³/mol. The van der Waals surface area contributed by atoms with E-state index in [1.807, 2.05) is 0 Å². The average molecular weight is 458 g/mol. The van der Waals surface area contributed by atoms with Gasteiger partial charge in [0.2, 0.25) is 10.0 Å². The molecule has 2 aromatic heterocycles. The van der Waals surface area contributed by atoms with Crippen molar-refractivity contribution in [2.24, 2.45) is 0 Å². The number of rotatable bonds is 7. The summed E-state index contributed by atoms with van der Waals surface area (Å²) in [6, 6.07) is 9.47. The maximum Gasteiger partial charge on any atom is 0.240 e. The number of benzene rings is 2. The van der Waals surface area contributed by atoms with E-state index in [1.165, 1.54) is 12.1 Å². The van der Waals surface area contributed by atoms with Crippen LogP contribution in [0.25, 0.3) is 21.9 Å². The predicted octanol–water partition coefficient (Wildman–Crippen LogP) is 3.39. The summed E-state index contributed by atoms with van der Waals surface area (Å²) in [4.78, 5) is 2.57. The highest BCUT2D eigenvalue weighted by Crippen LogP contribution is 2.32. The van der Waals surface area contributed by atoms with Crippen LogP contribution in [0.15, 0.2) is 52.0 Å². The van der Waals surface area contributed by atoms with Crippen LogP contribution < -0.4 is 4.72 Å². The van der Waals surface area contributed by atoms with E-state index in [2.05, 4.69) is 25.0 Å². The quantitative estimate of drug-likeness (QED) is 0.412. The summed E-state index contributed by atoms with van der Waals surface area (Å²) in [5.74, 6) is -0.0404. The largest absolute Gasteiger partial charge is 0.356 e. The molecule has 4 aromatic rings. The number of nitrogens with zero attached hydrogens (tertiary/aromatic N) is 3. The second-order valence-electron chi connectivity index (χ2n) is 8.19. The Hall–Kier alpha value is -2.82. The standard InChI is InChI=1S/C22H24FN5O3S/c23-17-3-5-19-21(12-17)31-27-22(19)15-6-10-28(11-7-15)9-1-8-25-32(29,30)18-4-2-16-14-24-26-20(16)13-18/h2-5,12-15,25H,1,6-11H2,(H,24,26). The molecule has 168 valence electrons. The fraction of sp³-hybridized carbons (Fsp3) is 0.364. The molecule has 8 nitrogen and oxygen atoms in total. The minimum absolute atomic E-state index is 0.231. The Labute approximate surface area is 184 Å². The molecule has 0 atom stereocenters. The maximum atomic E-state index is 13.4. The van der Waals surface area contributed by atoms with Crippen LogP contribution in [0.3, 0.4) is 0 Å². The Morgan fingerprint density at radius 1 is 1.19 bits per heavy atom. The number of hydrogen-bond donors (Lipinski definition) is 2. The first kappa shape index (κ1) is 21.0. The SMILES string of the molecule is O=S(=O)(NCCCN1CCC(c2noc3cc(F)ccc23)CC1)c1ccc2cn[nH]c2c1. The van der Waals surface area contributed by atoms with Gasteiger partial charge < -0.3 is 9.42 Å². The zero-order valence-corrected chi connectivity index (χ0v) is 18.2. The number of sulfonamides is 1. The monoisotopic (exact) mass is 457 g/mol. The van der Waals surface area contributed by atoms with Gasteiger partial charge in [-0.15, -0.1) is 0 Å². The third kappa shape index (κ3) is 4.25. The summed E-state index contributed by atoms with van der Waals surface area (Å²) in [5.41, 5.74) is 2.09. The van der Waals surface area contributed by atoms with E-state index in [4.69, 9.17) is 4.52 Å². The van der Waals surface area contributed by atoms with E-state index in [9.17, 15) is 12.8 Å². The zero-order chi connectivity index (χ0) is 22.1. The molecule has 5 rings (SSSR count). The lowest BCUT2D eigenvalue weighted by molar-refractivity contribution is 0.208. The van der Waals surface area contributed by atoms with Crippen molar-refractivity contribution in [3.8, 4) is 0 Å². The van der Waals surface area contributed by atoms with Crippen molar-refractivity contribution < 1.29 is 17.3 Å². The normalized spacial score (nSPS) is 16.3. The van der Waals surface area contributed by atoms with Crippen LogP contribution in [-0.4, -0.2) is 54.9 Å². The third-order valence-electron chi connectivity index (χ3n) is 6.10. The Balaban J connectivity index is 1.10. The van der Waals surface area contributed by atoms with Gasteiger partial charge in [-0.1, -0.05) is 5.16 Å². The van der Waals surface area contributed by atoms with Gasteiger partial charge in [0, 0.05) is 29.3 Å². The van der Waals surface area contributed by atoms with Gasteiger partial charge in [-0.25, -0.2) is 17.5 Å². The molecule has 1 fully saturated rings. The fourth-order valence-electron chi connectivity index (χ4n) is 4.33. The molecule has 2 N–H and O–H groups in total. The molecule has 0 bridgehead atoms. The first-order chi connectivity index (χ1) is 15.5. The topological polar surface area (TPSA) is 104 Å². The van der Waals surface area contributed by atoms with Crippen LogP contribution in [0.2, 0.25) is 0 Å². The molecule has 1 aliphatic rings. The minimum atomic E-state index is -3.56. The number of aromatic amines is 1. The van der Waals surface area contributed by atoms with Crippen molar-refractivity contribution in [3.63, 3.8) is 0 Å². The number of H-pyrrole nitrogens is 1. The molecule has 1 saturated heterocycles. The highest BCUT2D eigenvalue weighted by Gasteiger charge is 2.25. The van der Waals surface area contributed by atoms with Gasteiger partial charge in [0.1, 0.15) is 5.82 Å². The molecule has 0 unspecified atom stereocenters. The number of aromatic nitrogens is 3. The maximum absolute atomic E-state index is 13.4. The molecule has 3 heterocycles. The van der Waals surface area contributed by atoms with Crippen LogP contribution >= 0.6 is 0 Å². The molecule has 10 heteroatoms. The number of nitrogens with one attached hydrogen (secondary N) is 2. The smallest absolute Gasteiger partial charge is 0.240 e. The second kappa shape index (κ2) is 8.61. The van der Waals surface area contributed by atoms with Gasteiger partial charge in [0.25, 0.3) is 0 Å².